The van der Waals surface area contributed by atoms with Gasteiger partial charge >= 0.3 is 0 Å². The van der Waals surface area contributed by atoms with Crippen LogP contribution in [0.5, 0.6) is 11.5 Å². The summed E-state index contributed by atoms with van der Waals surface area (Å²) in [5, 5.41) is 7.00. The van der Waals surface area contributed by atoms with Crippen molar-refractivity contribution in [2.24, 2.45) is 5.10 Å². The Morgan fingerprint density at radius 2 is 1.82 bits per heavy atom. The smallest absolute Gasteiger partial charge is 0.291 e. The van der Waals surface area contributed by atoms with Gasteiger partial charge in [-0.15, -0.1) is 0 Å². The van der Waals surface area contributed by atoms with E-state index in [1.807, 2.05) is 0 Å². The number of sulfonamides is 1. The lowest BCUT2D eigenvalue weighted by Gasteiger charge is -2.14. The summed E-state index contributed by atoms with van der Waals surface area (Å²) in [5.41, 5.74) is 2.25. The first-order chi connectivity index (χ1) is 16.3. The van der Waals surface area contributed by atoms with Crippen LogP contribution < -0.4 is 19.6 Å². The monoisotopic (exact) mass is 483 g/mol. The van der Waals surface area contributed by atoms with Gasteiger partial charge in [-0.25, -0.2) is 0 Å². The van der Waals surface area contributed by atoms with Gasteiger partial charge in [0.05, 0.1) is 30.5 Å². The molecule has 178 valence electrons. The van der Waals surface area contributed by atoms with Crippen molar-refractivity contribution in [3.05, 3.63) is 71.2 Å². The van der Waals surface area contributed by atoms with Gasteiger partial charge in [-0.3, -0.25) is 4.79 Å². The Kier molecular flexibility index (Phi) is 6.60. The number of nitrogens with zero attached hydrogens (tertiary/aromatic N) is 1. The third kappa shape index (κ3) is 4.62. The summed E-state index contributed by atoms with van der Waals surface area (Å²) in [7, 11) is -0.765. The average Bonchev–Trinajstić information content (AvgIpc) is 3.20. The number of anilines is 1. The van der Waals surface area contributed by atoms with E-state index >= 15 is 0 Å². The third-order valence-corrected chi connectivity index (χ3v) is 6.77. The lowest BCUT2D eigenvalue weighted by atomic mass is 9.93. The van der Waals surface area contributed by atoms with Crippen molar-refractivity contribution in [3.8, 4) is 11.5 Å². The number of amides is 1. The van der Waals surface area contributed by atoms with E-state index < -0.39 is 15.9 Å². The predicted molar refractivity (Wildman–Crippen MR) is 127 cm³/mol. The Bertz CT molecular complexity index is 1350. The van der Waals surface area contributed by atoms with Crippen LogP contribution in [-0.2, 0) is 16.4 Å². The number of fused-ring (bicyclic) bond motifs is 1. The van der Waals surface area contributed by atoms with E-state index in [2.05, 4.69) is 15.2 Å². The number of benzene rings is 2. The van der Waals surface area contributed by atoms with Gasteiger partial charge in [0.1, 0.15) is 17.3 Å². The lowest BCUT2D eigenvalue weighted by Crippen LogP contribution is -2.22. The third-order valence-electron chi connectivity index (χ3n) is 5.54. The van der Waals surface area contributed by atoms with Gasteiger partial charge in [-0.2, -0.15) is 18.4 Å². The standard InChI is InChI=1S/C24H25N3O6S/c1-15-22-19(26-27-34(29,30)17-8-5-4-6-9-17)10-7-11-20(22)33-23(15)24(28)25-18-13-12-16(31-2)14-21(18)32-3/h4-6,8-9,12-14,27H,7,10-11H2,1-3H3,(H,25,28)/b26-19+. The number of hydrogen-bond acceptors (Lipinski definition) is 7. The van der Waals surface area contributed by atoms with E-state index in [0.29, 0.717) is 52.6 Å². The number of aryl methyl sites for hydroxylation is 1. The van der Waals surface area contributed by atoms with Crippen LogP contribution in [0.25, 0.3) is 0 Å². The lowest BCUT2D eigenvalue weighted by molar-refractivity contribution is 0.0993. The molecular formula is C24H25N3O6S. The molecule has 3 aromatic rings. The second kappa shape index (κ2) is 9.60. The average molecular weight is 484 g/mol. The fraction of sp³-hybridized carbons (Fsp3) is 0.250. The number of hydrogen-bond donors (Lipinski definition) is 2. The van der Waals surface area contributed by atoms with Gasteiger partial charge in [0.2, 0.25) is 0 Å². The molecular weight excluding hydrogens is 458 g/mol. The molecule has 0 radical (unpaired) electrons. The summed E-state index contributed by atoms with van der Waals surface area (Å²) in [6.45, 7) is 1.76. The molecule has 4 rings (SSSR count). The highest BCUT2D eigenvalue weighted by Crippen LogP contribution is 2.33. The number of ether oxygens (including phenoxy) is 2. The number of nitrogens with one attached hydrogen (secondary N) is 2. The molecule has 2 aromatic carbocycles. The van der Waals surface area contributed by atoms with Crippen molar-refractivity contribution in [1.82, 2.24) is 4.83 Å². The number of carbonyl (C=O) groups is 1. The maximum absolute atomic E-state index is 13.0. The molecule has 2 N–H and O–H groups in total. The minimum absolute atomic E-state index is 0.118. The molecule has 0 atom stereocenters. The Balaban J connectivity index is 1.61. The molecule has 10 heteroatoms. The summed E-state index contributed by atoms with van der Waals surface area (Å²) < 4.78 is 41.6. The van der Waals surface area contributed by atoms with E-state index in [1.165, 1.54) is 19.2 Å². The van der Waals surface area contributed by atoms with Crippen LogP contribution in [0.2, 0.25) is 0 Å². The quantitative estimate of drug-likeness (QED) is 0.492. The molecule has 0 aliphatic heterocycles. The minimum atomic E-state index is -3.81. The summed E-state index contributed by atoms with van der Waals surface area (Å²) in [4.78, 5) is 15.5. The number of furan rings is 1. The van der Waals surface area contributed by atoms with Gasteiger partial charge in [0.15, 0.2) is 5.76 Å². The SMILES string of the molecule is COc1ccc(NC(=O)c2oc3c(c2C)/C(=N/NS(=O)(=O)c2ccccc2)CCC3)c(OC)c1. The topological polar surface area (TPSA) is 119 Å². The normalized spacial score (nSPS) is 14.4. The molecule has 34 heavy (non-hydrogen) atoms. The number of hydrazone groups is 1. The van der Waals surface area contributed by atoms with E-state index in [4.69, 9.17) is 13.9 Å². The van der Waals surface area contributed by atoms with Gasteiger partial charge in [-0.1, -0.05) is 18.2 Å². The molecule has 0 saturated carbocycles. The summed E-state index contributed by atoms with van der Waals surface area (Å²) in [6.07, 6.45) is 1.90. The van der Waals surface area contributed by atoms with Crippen molar-refractivity contribution in [1.29, 1.82) is 0 Å². The molecule has 1 aliphatic carbocycles. The Labute approximate surface area is 197 Å². The Hall–Kier alpha value is -3.79. The number of rotatable bonds is 7. The molecule has 0 bridgehead atoms. The van der Waals surface area contributed by atoms with Crippen LogP contribution in [0.3, 0.4) is 0 Å². The molecule has 1 amide bonds. The van der Waals surface area contributed by atoms with Gasteiger partial charge in [-0.05, 0) is 44.0 Å². The van der Waals surface area contributed by atoms with E-state index in [-0.39, 0.29) is 10.7 Å². The van der Waals surface area contributed by atoms with Crippen molar-refractivity contribution in [2.75, 3.05) is 19.5 Å². The van der Waals surface area contributed by atoms with Crippen LogP contribution >= 0.6 is 0 Å². The molecule has 0 spiro atoms. The van der Waals surface area contributed by atoms with Crippen molar-refractivity contribution in [3.63, 3.8) is 0 Å². The summed E-state index contributed by atoms with van der Waals surface area (Å²) >= 11 is 0. The predicted octanol–water partition coefficient (Wildman–Crippen LogP) is 3.88. The van der Waals surface area contributed by atoms with Gasteiger partial charge in [0.25, 0.3) is 15.9 Å². The molecule has 1 aromatic heterocycles. The zero-order valence-electron chi connectivity index (χ0n) is 19.0. The highest BCUT2D eigenvalue weighted by molar-refractivity contribution is 7.89. The van der Waals surface area contributed by atoms with Crippen LogP contribution in [0, 0.1) is 6.92 Å². The largest absolute Gasteiger partial charge is 0.497 e. The first-order valence-corrected chi connectivity index (χ1v) is 12.1. The van der Waals surface area contributed by atoms with Crippen LogP contribution in [-0.4, -0.2) is 34.3 Å². The van der Waals surface area contributed by atoms with E-state index in [1.54, 1.807) is 50.4 Å². The fourth-order valence-electron chi connectivity index (χ4n) is 3.85. The maximum atomic E-state index is 13.0. The van der Waals surface area contributed by atoms with Crippen molar-refractivity contribution in [2.45, 2.75) is 31.1 Å². The van der Waals surface area contributed by atoms with Crippen LogP contribution in [0.15, 0.2) is 62.9 Å². The van der Waals surface area contributed by atoms with Gasteiger partial charge in [0, 0.05) is 23.6 Å². The zero-order valence-corrected chi connectivity index (χ0v) is 19.9. The first-order valence-electron chi connectivity index (χ1n) is 10.6. The number of methoxy groups -OCH3 is 2. The molecule has 1 heterocycles. The Morgan fingerprint density at radius 1 is 1.06 bits per heavy atom. The number of carbonyl (C=O) groups excluding carboxylic acids is 1. The Morgan fingerprint density at radius 3 is 2.53 bits per heavy atom. The molecule has 0 fully saturated rings. The van der Waals surface area contributed by atoms with Crippen molar-refractivity contribution < 1.29 is 27.1 Å². The van der Waals surface area contributed by atoms with Crippen LogP contribution in [0.1, 0.15) is 40.3 Å². The van der Waals surface area contributed by atoms with E-state index in [0.717, 1.165) is 6.42 Å². The summed E-state index contributed by atoms with van der Waals surface area (Å²) in [5.74, 6) is 1.34. The van der Waals surface area contributed by atoms with Gasteiger partial charge < -0.3 is 19.2 Å². The van der Waals surface area contributed by atoms with Crippen molar-refractivity contribution >= 4 is 27.3 Å². The molecule has 0 unspecified atom stereocenters. The van der Waals surface area contributed by atoms with Crippen LogP contribution in [0.4, 0.5) is 5.69 Å². The second-order valence-corrected chi connectivity index (χ2v) is 9.36. The summed E-state index contributed by atoms with van der Waals surface area (Å²) in [6, 6.07) is 13.1. The fourth-order valence-corrected chi connectivity index (χ4v) is 4.70. The highest BCUT2D eigenvalue weighted by Gasteiger charge is 2.29. The first kappa shape index (κ1) is 23.4. The highest BCUT2D eigenvalue weighted by atomic mass is 32.2. The second-order valence-electron chi connectivity index (χ2n) is 7.69. The zero-order chi connectivity index (χ0) is 24.3. The maximum Gasteiger partial charge on any atom is 0.291 e. The minimum Gasteiger partial charge on any atom is -0.497 e. The molecule has 9 nitrogen and oxygen atoms in total. The molecule has 0 saturated heterocycles. The van der Waals surface area contributed by atoms with E-state index in [9.17, 15) is 13.2 Å². The molecule has 1 aliphatic rings.